The Morgan fingerprint density at radius 1 is 1.33 bits per heavy atom. The Hall–Kier alpha value is -1.35. The normalized spacial score (nSPS) is 11.1. The van der Waals surface area contributed by atoms with Crippen LogP contribution in [0.25, 0.3) is 10.9 Å². The van der Waals surface area contributed by atoms with Crippen molar-refractivity contribution in [3.05, 3.63) is 35.8 Å². The van der Waals surface area contributed by atoms with Gasteiger partial charge in [0.05, 0.1) is 0 Å². The monoisotopic (exact) mass is 206 g/mol. The molecule has 15 heavy (non-hydrogen) atoms. The summed E-state index contributed by atoms with van der Waals surface area (Å²) in [5.41, 5.74) is 2.30. The van der Waals surface area contributed by atoms with Gasteiger partial charge in [-0.15, -0.1) is 0 Å². The second kappa shape index (κ2) is 4.03. The summed E-state index contributed by atoms with van der Waals surface area (Å²) in [5.74, 6) is -0.174. The van der Waals surface area contributed by atoms with E-state index in [0.717, 1.165) is 24.0 Å². The number of hydrogen-bond acceptors (Lipinski definition) is 1. The number of fused-ring (bicyclic) bond motifs is 1. The minimum atomic E-state index is -0.174. The number of aromatic nitrogens is 1. The maximum atomic E-state index is 13.0. The third kappa shape index (κ3) is 1.75. The molecule has 80 valence electrons. The SMILES string of the molecule is CCn1c(CNC)cc2cc(F)ccc21. The van der Waals surface area contributed by atoms with Crippen molar-refractivity contribution < 1.29 is 4.39 Å². The molecule has 0 saturated heterocycles. The van der Waals surface area contributed by atoms with Crippen LogP contribution in [-0.2, 0) is 13.1 Å². The predicted molar refractivity (Wildman–Crippen MR) is 60.3 cm³/mol. The van der Waals surface area contributed by atoms with Crippen molar-refractivity contribution >= 4 is 10.9 Å². The Morgan fingerprint density at radius 2 is 2.13 bits per heavy atom. The average molecular weight is 206 g/mol. The first-order valence-electron chi connectivity index (χ1n) is 5.18. The van der Waals surface area contributed by atoms with Crippen LogP contribution in [0.4, 0.5) is 4.39 Å². The molecule has 3 heteroatoms. The van der Waals surface area contributed by atoms with E-state index in [-0.39, 0.29) is 5.82 Å². The van der Waals surface area contributed by atoms with E-state index in [1.807, 2.05) is 19.2 Å². The highest BCUT2D eigenvalue weighted by atomic mass is 19.1. The molecule has 0 atom stereocenters. The van der Waals surface area contributed by atoms with Gasteiger partial charge in [-0.1, -0.05) is 0 Å². The van der Waals surface area contributed by atoms with Crippen LogP contribution in [0, 0.1) is 5.82 Å². The third-order valence-electron chi connectivity index (χ3n) is 2.62. The Bertz CT molecular complexity index is 474. The van der Waals surface area contributed by atoms with Crippen molar-refractivity contribution in [1.29, 1.82) is 0 Å². The van der Waals surface area contributed by atoms with Gasteiger partial charge in [0.1, 0.15) is 5.82 Å². The van der Waals surface area contributed by atoms with E-state index < -0.39 is 0 Å². The van der Waals surface area contributed by atoms with Crippen molar-refractivity contribution in [2.75, 3.05) is 7.05 Å². The molecule has 0 aliphatic heterocycles. The molecule has 1 heterocycles. The highest BCUT2D eigenvalue weighted by Gasteiger charge is 2.06. The van der Waals surface area contributed by atoms with Crippen molar-refractivity contribution in [3.8, 4) is 0 Å². The third-order valence-corrected chi connectivity index (χ3v) is 2.62. The lowest BCUT2D eigenvalue weighted by Gasteiger charge is -2.06. The number of rotatable bonds is 3. The number of halogens is 1. The molecule has 1 aromatic carbocycles. The zero-order valence-electron chi connectivity index (χ0n) is 9.05. The smallest absolute Gasteiger partial charge is 0.123 e. The van der Waals surface area contributed by atoms with E-state index in [4.69, 9.17) is 0 Å². The fourth-order valence-electron chi connectivity index (χ4n) is 2.00. The maximum absolute atomic E-state index is 13.0. The Labute approximate surface area is 88.7 Å². The molecule has 1 N–H and O–H groups in total. The lowest BCUT2D eigenvalue weighted by molar-refractivity contribution is 0.629. The quantitative estimate of drug-likeness (QED) is 0.816. The molecule has 0 saturated carbocycles. The van der Waals surface area contributed by atoms with Gasteiger partial charge in [-0.05, 0) is 38.2 Å². The lowest BCUT2D eigenvalue weighted by atomic mass is 10.2. The summed E-state index contributed by atoms with van der Waals surface area (Å²) in [6, 6.07) is 6.98. The van der Waals surface area contributed by atoms with E-state index in [2.05, 4.69) is 16.8 Å². The molecule has 0 aliphatic carbocycles. The Balaban J connectivity index is 2.62. The second-order valence-electron chi connectivity index (χ2n) is 3.61. The average Bonchev–Trinajstić information content (AvgIpc) is 2.54. The molecule has 0 bridgehead atoms. The molecule has 0 spiro atoms. The molecule has 0 fully saturated rings. The van der Waals surface area contributed by atoms with Crippen LogP contribution in [0.1, 0.15) is 12.6 Å². The Kier molecular flexibility index (Phi) is 2.73. The fourth-order valence-corrected chi connectivity index (χ4v) is 2.00. The number of hydrogen-bond donors (Lipinski definition) is 1. The second-order valence-corrected chi connectivity index (χ2v) is 3.61. The summed E-state index contributed by atoms with van der Waals surface area (Å²) >= 11 is 0. The van der Waals surface area contributed by atoms with Gasteiger partial charge in [-0.3, -0.25) is 0 Å². The summed E-state index contributed by atoms with van der Waals surface area (Å²) in [7, 11) is 1.91. The molecule has 0 aliphatic rings. The molecular formula is C12H15FN2. The van der Waals surface area contributed by atoms with E-state index in [1.54, 1.807) is 6.07 Å². The van der Waals surface area contributed by atoms with Crippen molar-refractivity contribution in [2.24, 2.45) is 0 Å². The first-order chi connectivity index (χ1) is 7.26. The van der Waals surface area contributed by atoms with Crippen LogP contribution in [0.3, 0.4) is 0 Å². The van der Waals surface area contributed by atoms with Crippen molar-refractivity contribution in [1.82, 2.24) is 9.88 Å². The van der Waals surface area contributed by atoms with Crippen LogP contribution in [0.2, 0.25) is 0 Å². The first-order valence-corrected chi connectivity index (χ1v) is 5.18. The van der Waals surface area contributed by atoms with Crippen LogP contribution in [0.5, 0.6) is 0 Å². The fraction of sp³-hybridized carbons (Fsp3) is 0.333. The molecule has 0 unspecified atom stereocenters. The molecule has 2 nitrogen and oxygen atoms in total. The predicted octanol–water partition coefficient (Wildman–Crippen LogP) is 2.52. The molecule has 2 rings (SSSR count). The van der Waals surface area contributed by atoms with Gasteiger partial charge in [0, 0.05) is 29.7 Å². The molecule has 0 amide bonds. The summed E-state index contributed by atoms with van der Waals surface area (Å²) in [6.45, 7) is 3.82. The minimum absolute atomic E-state index is 0.174. The van der Waals surface area contributed by atoms with E-state index in [1.165, 1.54) is 11.8 Å². The largest absolute Gasteiger partial charge is 0.344 e. The molecular weight excluding hydrogens is 191 g/mol. The van der Waals surface area contributed by atoms with Gasteiger partial charge < -0.3 is 9.88 Å². The summed E-state index contributed by atoms with van der Waals surface area (Å²) in [5, 5.41) is 4.09. The number of benzene rings is 1. The van der Waals surface area contributed by atoms with E-state index in [9.17, 15) is 4.39 Å². The van der Waals surface area contributed by atoms with Crippen LogP contribution >= 0.6 is 0 Å². The lowest BCUT2D eigenvalue weighted by Crippen LogP contribution is -2.10. The number of nitrogens with zero attached hydrogens (tertiary/aromatic N) is 1. The van der Waals surface area contributed by atoms with Gasteiger partial charge in [0.25, 0.3) is 0 Å². The van der Waals surface area contributed by atoms with Crippen LogP contribution < -0.4 is 5.32 Å². The van der Waals surface area contributed by atoms with Gasteiger partial charge in [-0.2, -0.15) is 0 Å². The van der Waals surface area contributed by atoms with Crippen LogP contribution in [0.15, 0.2) is 24.3 Å². The van der Waals surface area contributed by atoms with Gasteiger partial charge in [-0.25, -0.2) is 4.39 Å². The zero-order valence-corrected chi connectivity index (χ0v) is 9.05. The van der Waals surface area contributed by atoms with Crippen molar-refractivity contribution in [2.45, 2.75) is 20.0 Å². The highest BCUT2D eigenvalue weighted by Crippen LogP contribution is 2.20. The summed E-state index contributed by atoms with van der Waals surface area (Å²) < 4.78 is 15.2. The summed E-state index contributed by atoms with van der Waals surface area (Å²) in [4.78, 5) is 0. The van der Waals surface area contributed by atoms with Crippen molar-refractivity contribution in [3.63, 3.8) is 0 Å². The van der Waals surface area contributed by atoms with Crippen LogP contribution in [-0.4, -0.2) is 11.6 Å². The topological polar surface area (TPSA) is 17.0 Å². The van der Waals surface area contributed by atoms with E-state index in [0.29, 0.717) is 0 Å². The van der Waals surface area contributed by atoms with Gasteiger partial charge in [0.2, 0.25) is 0 Å². The van der Waals surface area contributed by atoms with E-state index >= 15 is 0 Å². The van der Waals surface area contributed by atoms with Gasteiger partial charge >= 0.3 is 0 Å². The standard InChI is InChI=1S/C12H15FN2/c1-3-15-11(8-14-2)7-9-6-10(13)4-5-12(9)15/h4-7,14H,3,8H2,1-2H3. The van der Waals surface area contributed by atoms with Gasteiger partial charge in [0.15, 0.2) is 0 Å². The first kappa shape index (κ1) is 10.2. The maximum Gasteiger partial charge on any atom is 0.123 e. The molecule has 1 aromatic heterocycles. The minimum Gasteiger partial charge on any atom is -0.344 e. The Morgan fingerprint density at radius 3 is 2.80 bits per heavy atom. The zero-order chi connectivity index (χ0) is 10.8. The molecule has 0 radical (unpaired) electrons. The highest BCUT2D eigenvalue weighted by molar-refractivity contribution is 5.81. The summed E-state index contributed by atoms with van der Waals surface area (Å²) in [6.07, 6.45) is 0. The number of aryl methyl sites for hydroxylation is 1. The number of nitrogens with one attached hydrogen (secondary N) is 1. The molecule has 2 aromatic rings.